The van der Waals surface area contributed by atoms with Crippen LogP contribution in [-0.2, 0) is 19.5 Å². The van der Waals surface area contributed by atoms with Gasteiger partial charge < -0.3 is 22.0 Å². The molecule has 0 aromatic heterocycles. The van der Waals surface area contributed by atoms with Gasteiger partial charge in [0, 0.05) is 30.1 Å². The Bertz CT molecular complexity index is 1740. The summed E-state index contributed by atoms with van der Waals surface area (Å²) in [4.78, 5) is 0. The molecular weight excluding hydrogens is 796 g/mol. The molecule has 1 nitrogen and oxygen atoms in total. The molecule has 9 heteroatoms. The number of rotatable bonds is 8. The molecule has 273 valence electrons. The predicted molar refractivity (Wildman–Crippen MR) is 217 cm³/mol. The molecule has 0 aliphatic heterocycles. The van der Waals surface area contributed by atoms with Crippen molar-refractivity contribution in [3.8, 4) is 11.5 Å². The first-order chi connectivity index (χ1) is 25.4. The second-order valence-electron chi connectivity index (χ2n) is 11.6. The summed E-state index contributed by atoms with van der Waals surface area (Å²) in [7, 11) is -7.59. The first kappa shape index (κ1) is 41.6. The standard InChI is InChI=1S/C36H28OP2.C8H12.BF4.Rh/c1-5-17-29(18-6-1)38(30-19-7-2-8-20-30)35-27-15-13-25-33(35)37-34-26-14-16-28-36(34)39(31-21-9-3-10-22-31)32-23-11-4-12-24-32;1-2-4-6-8-7-5-3-1;2-1(3,4)5;/h1-28H;1-2,7-8H,3-6H2;;/q;;-1;/b;2-1-,8-7-;;. The average Bonchev–Trinajstić information content (AvgIpc) is 3.14. The van der Waals surface area contributed by atoms with Crippen molar-refractivity contribution in [2.24, 2.45) is 0 Å². The number of para-hydroxylation sites is 2. The van der Waals surface area contributed by atoms with Crippen LogP contribution < -0.4 is 36.6 Å². The molecule has 0 fully saturated rings. The monoisotopic (exact) mass is 836 g/mol. The van der Waals surface area contributed by atoms with E-state index in [1.165, 1.54) is 57.5 Å². The zero-order valence-electron chi connectivity index (χ0n) is 29.0. The SMILES string of the molecule is C1=C\CC/C=C\CC/1.F[B-](F)(F)F.[Rh].c1ccc(P(c2ccccc2)c2ccccc2Oc2ccccc2P(c2ccccc2)c2ccccc2)cc1. The van der Waals surface area contributed by atoms with E-state index in [-0.39, 0.29) is 19.5 Å². The van der Waals surface area contributed by atoms with Crippen LogP contribution in [0, 0.1) is 0 Å². The fourth-order valence-electron chi connectivity index (χ4n) is 5.59. The molecule has 53 heavy (non-hydrogen) atoms. The van der Waals surface area contributed by atoms with E-state index in [4.69, 9.17) is 4.74 Å². The maximum atomic E-state index is 9.75. The van der Waals surface area contributed by atoms with Crippen molar-refractivity contribution < 1.29 is 41.5 Å². The number of allylic oxidation sites excluding steroid dienone is 4. The topological polar surface area (TPSA) is 9.23 Å². The van der Waals surface area contributed by atoms with Crippen LogP contribution in [0.5, 0.6) is 11.5 Å². The van der Waals surface area contributed by atoms with E-state index in [0.717, 1.165) is 11.5 Å². The van der Waals surface area contributed by atoms with Crippen LogP contribution >= 0.6 is 15.8 Å². The number of ether oxygens (including phenoxy) is 1. The van der Waals surface area contributed by atoms with Crippen LogP contribution in [-0.4, -0.2) is 7.25 Å². The minimum absolute atomic E-state index is 0. The Balaban J connectivity index is 0.000000381. The van der Waals surface area contributed by atoms with E-state index in [0.29, 0.717) is 0 Å². The van der Waals surface area contributed by atoms with E-state index >= 15 is 0 Å². The summed E-state index contributed by atoms with van der Waals surface area (Å²) in [5.41, 5.74) is 0. The first-order valence-corrected chi connectivity index (χ1v) is 19.9. The van der Waals surface area contributed by atoms with Crippen molar-refractivity contribution in [2.75, 3.05) is 0 Å². The Hall–Kier alpha value is -4.13. The second kappa shape index (κ2) is 22.2. The fourth-order valence-corrected chi connectivity index (χ4v) is 10.3. The minimum atomic E-state index is -6.00. The molecule has 6 aromatic carbocycles. The quantitative estimate of drug-likeness (QED) is 0.0642. The van der Waals surface area contributed by atoms with Crippen LogP contribution in [0.4, 0.5) is 17.3 Å². The summed E-state index contributed by atoms with van der Waals surface area (Å²) in [6.45, 7) is 0. The van der Waals surface area contributed by atoms with Gasteiger partial charge in [-0.05, 0) is 74.9 Å². The normalized spacial score (nSPS) is 13.5. The average molecular weight is 836 g/mol. The third-order valence-electron chi connectivity index (χ3n) is 7.82. The summed E-state index contributed by atoms with van der Waals surface area (Å²) in [6.07, 6.45) is 14.0. The zero-order valence-corrected chi connectivity index (χ0v) is 32.5. The Labute approximate surface area is 326 Å². The van der Waals surface area contributed by atoms with Crippen LogP contribution in [0.25, 0.3) is 0 Å². The summed E-state index contributed by atoms with van der Waals surface area (Å²) in [5, 5.41) is 7.64. The number of hydrogen-bond donors (Lipinski definition) is 0. The van der Waals surface area contributed by atoms with E-state index in [9.17, 15) is 17.3 Å². The summed E-state index contributed by atoms with van der Waals surface area (Å²) < 4.78 is 45.9. The Morgan fingerprint density at radius 1 is 0.358 bits per heavy atom. The molecular formula is C44H40BF4OP2Rh-. The van der Waals surface area contributed by atoms with E-state index < -0.39 is 23.1 Å². The summed E-state index contributed by atoms with van der Waals surface area (Å²) in [6, 6.07) is 60.2. The van der Waals surface area contributed by atoms with Crippen LogP contribution in [0.15, 0.2) is 194 Å². The van der Waals surface area contributed by atoms with Crippen molar-refractivity contribution >= 4 is 54.9 Å². The van der Waals surface area contributed by atoms with Gasteiger partial charge in [0.25, 0.3) is 0 Å². The molecule has 0 saturated heterocycles. The zero-order chi connectivity index (χ0) is 36.4. The number of benzene rings is 6. The molecule has 7 rings (SSSR count). The Kier molecular flexibility index (Phi) is 17.4. The molecule has 0 heterocycles. The molecule has 0 unspecified atom stereocenters. The smallest absolute Gasteiger partial charge is 0.456 e. The molecule has 1 radical (unpaired) electrons. The summed E-state index contributed by atoms with van der Waals surface area (Å²) >= 11 is 0. The molecule has 1 aliphatic rings. The van der Waals surface area contributed by atoms with Gasteiger partial charge in [0.15, 0.2) is 0 Å². The maximum Gasteiger partial charge on any atom is 0.673 e. The first-order valence-electron chi connectivity index (χ1n) is 17.2. The van der Waals surface area contributed by atoms with E-state index in [1.807, 2.05) is 0 Å². The van der Waals surface area contributed by atoms with Crippen LogP contribution in [0.2, 0.25) is 0 Å². The molecule has 0 atom stereocenters. The van der Waals surface area contributed by atoms with Gasteiger partial charge in [-0.2, -0.15) is 0 Å². The second-order valence-corrected chi connectivity index (χ2v) is 16.0. The molecule has 0 saturated carbocycles. The van der Waals surface area contributed by atoms with Gasteiger partial charge >= 0.3 is 7.25 Å². The number of hydrogen-bond acceptors (Lipinski definition) is 1. The van der Waals surface area contributed by atoms with Crippen molar-refractivity contribution in [2.45, 2.75) is 25.7 Å². The number of halogens is 4. The van der Waals surface area contributed by atoms with E-state index in [2.05, 4.69) is 194 Å². The molecule has 0 bridgehead atoms. The van der Waals surface area contributed by atoms with Gasteiger partial charge in [-0.15, -0.1) is 0 Å². The van der Waals surface area contributed by atoms with E-state index in [1.54, 1.807) is 0 Å². The predicted octanol–water partition coefficient (Wildman–Crippen LogP) is 11.0. The molecule has 1 aliphatic carbocycles. The maximum absolute atomic E-state index is 9.75. The van der Waals surface area contributed by atoms with Crippen LogP contribution in [0.1, 0.15) is 25.7 Å². The molecule has 6 aromatic rings. The van der Waals surface area contributed by atoms with Gasteiger partial charge in [0.1, 0.15) is 11.5 Å². The minimum Gasteiger partial charge on any atom is -0.456 e. The molecule has 0 spiro atoms. The largest absolute Gasteiger partial charge is 0.673 e. The van der Waals surface area contributed by atoms with Gasteiger partial charge in [-0.1, -0.05) is 182 Å². The van der Waals surface area contributed by atoms with Crippen molar-refractivity contribution in [3.05, 3.63) is 194 Å². The summed E-state index contributed by atoms with van der Waals surface area (Å²) in [5.74, 6) is 1.81. The van der Waals surface area contributed by atoms with Crippen molar-refractivity contribution in [1.29, 1.82) is 0 Å². The van der Waals surface area contributed by atoms with Gasteiger partial charge in [0.05, 0.1) is 0 Å². The fraction of sp³-hybridized carbons (Fsp3) is 0.0909. The van der Waals surface area contributed by atoms with Crippen LogP contribution in [0.3, 0.4) is 0 Å². The van der Waals surface area contributed by atoms with Gasteiger partial charge in [-0.3, -0.25) is 0 Å². The van der Waals surface area contributed by atoms with Crippen molar-refractivity contribution in [3.63, 3.8) is 0 Å². The van der Waals surface area contributed by atoms with Gasteiger partial charge in [-0.25, -0.2) is 0 Å². The third kappa shape index (κ3) is 13.7. The van der Waals surface area contributed by atoms with Gasteiger partial charge in [0.2, 0.25) is 0 Å². The Morgan fingerprint density at radius 2 is 0.585 bits per heavy atom. The van der Waals surface area contributed by atoms with Crippen molar-refractivity contribution in [1.82, 2.24) is 0 Å². The molecule has 0 amide bonds. The molecule has 0 N–H and O–H groups in total. The third-order valence-corrected chi connectivity index (χ3v) is 12.8. The Morgan fingerprint density at radius 3 is 0.849 bits per heavy atom.